The Morgan fingerprint density at radius 2 is 2.20 bits per heavy atom. The molecule has 0 aliphatic carbocycles. The van der Waals surface area contributed by atoms with Gasteiger partial charge in [-0.05, 0) is 25.5 Å². The Hall–Kier alpha value is -0.830. The highest BCUT2D eigenvalue weighted by Gasteiger charge is 2.21. The molecule has 0 amide bonds. The second-order valence-electron chi connectivity index (χ2n) is 5.50. The molecular formula is C12H21N3. The molecule has 1 aliphatic heterocycles. The summed E-state index contributed by atoms with van der Waals surface area (Å²) in [7, 11) is 0. The third-order valence-electron chi connectivity index (χ3n) is 3.10. The van der Waals surface area contributed by atoms with E-state index in [0.29, 0.717) is 5.92 Å². The first-order chi connectivity index (χ1) is 7.07. The molecule has 1 saturated heterocycles. The van der Waals surface area contributed by atoms with Crippen LogP contribution in [0.15, 0.2) is 6.07 Å². The predicted octanol–water partition coefficient (Wildman–Crippen LogP) is 2.17. The molecular weight excluding hydrogens is 186 g/mol. The van der Waals surface area contributed by atoms with E-state index in [2.05, 4.69) is 42.4 Å². The zero-order valence-corrected chi connectivity index (χ0v) is 9.93. The summed E-state index contributed by atoms with van der Waals surface area (Å²) >= 11 is 0. The predicted molar refractivity (Wildman–Crippen MR) is 62.1 cm³/mol. The fraction of sp³-hybridized carbons (Fsp3) is 0.750. The highest BCUT2D eigenvalue weighted by molar-refractivity contribution is 5.19. The third-order valence-corrected chi connectivity index (χ3v) is 3.10. The molecule has 1 aromatic heterocycles. The standard InChI is InChI=1S/C12H21N3/c1-12(2,3)11-7-10(14-15-11)9-5-4-6-13-8-9/h7,9,13H,4-6,8H2,1-3H3,(H,14,15). The van der Waals surface area contributed by atoms with Crippen LogP contribution < -0.4 is 5.32 Å². The van der Waals surface area contributed by atoms with Crippen LogP contribution in [0.2, 0.25) is 0 Å². The fourth-order valence-electron chi connectivity index (χ4n) is 2.05. The molecule has 0 spiro atoms. The zero-order chi connectivity index (χ0) is 10.9. The van der Waals surface area contributed by atoms with E-state index in [-0.39, 0.29) is 5.41 Å². The summed E-state index contributed by atoms with van der Waals surface area (Å²) in [5.74, 6) is 0.627. The molecule has 0 saturated carbocycles. The summed E-state index contributed by atoms with van der Waals surface area (Å²) in [6, 6.07) is 2.23. The number of aromatic nitrogens is 2. The lowest BCUT2D eigenvalue weighted by molar-refractivity contribution is 0.454. The van der Waals surface area contributed by atoms with Crippen molar-refractivity contribution >= 4 is 0 Å². The van der Waals surface area contributed by atoms with Crippen LogP contribution in [0.1, 0.15) is 50.9 Å². The lowest BCUT2D eigenvalue weighted by Crippen LogP contribution is -2.28. The minimum absolute atomic E-state index is 0.150. The molecule has 2 rings (SSSR count). The van der Waals surface area contributed by atoms with Crippen molar-refractivity contribution in [1.29, 1.82) is 0 Å². The maximum Gasteiger partial charge on any atom is 0.0678 e. The monoisotopic (exact) mass is 207 g/mol. The van der Waals surface area contributed by atoms with Crippen molar-refractivity contribution in [3.05, 3.63) is 17.5 Å². The molecule has 15 heavy (non-hydrogen) atoms. The number of hydrogen-bond acceptors (Lipinski definition) is 2. The first kappa shape index (κ1) is 10.7. The van der Waals surface area contributed by atoms with Gasteiger partial charge in [-0.3, -0.25) is 5.10 Å². The summed E-state index contributed by atoms with van der Waals surface area (Å²) in [5.41, 5.74) is 2.62. The van der Waals surface area contributed by atoms with Crippen molar-refractivity contribution in [2.75, 3.05) is 13.1 Å². The van der Waals surface area contributed by atoms with Crippen LogP contribution in [0.5, 0.6) is 0 Å². The Labute approximate surface area is 91.7 Å². The average molecular weight is 207 g/mol. The van der Waals surface area contributed by atoms with Gasteiger partial charge in [-0.25, -0.2) is 0 Å². The molecule has 1 aliphatic rings. The summed E-state index contributed by atoms with van der Waals surface area (Å²) in [6.45, 7) is 8.85. The smallest absolute Gasteiger partial charge is 0.0678 e. The van der Waals surface area contributed by atoms with Crippen molar-refractivity contribution < 1.29 is 0 Å². The summed E-state index contributed by atoms with van der Waals surface area (Å²) in [5, 5.41) is 11.0. The Bertz CT molecular complexity index is 316. The number of hydrogen-bond donors (Lipinski definition) is 2. The van der Waals surface area contributed by atoms with Crippen molar-refractivity contribution in [2.24, 2.45) is 0 Å². The zero-order valence-electron chi connectivity index (χ0n) is 9.93. The second-order valence-corrected chi connectivity index (χ2v) is 5.50. The normalized spacial score (nSPS) is 23.0. The molecule has 1 unspecified atom stereocenters. The minimum Gasteiger partial charge on any atom is -0.316 e. The van der Waals surface area contributed by atoms with E-state index in [1.807, 2.05) is 0 Å². The van der Waals surface area contributed by atoms with Crippen LogP contribution in [0.25, 0.3) is 0 Å². The SMILES string of the molecule is CC(C)(C)c1cc(C2CCCNC2)[nH]n1. The fourth-order valence-corrected chi connectivity index (χ4v) is 2.05. The Balaban J connectivity index is 2.12. The largest absolute Gasteiger partial charge is 0.316 e. The molecule has 3 nitrogen and oxygen atoms in total. The number of rotatable bonds is 1. The van der Waals surface area contributed by atoms with Crippen LogP contribution in [0, 0.1) is 0 Å². The maximum absolute atomic E-state index is 4.41. The molecule has 1 atom stereocenters. The Morgan fingerprint density at radius 1 is 1.40 bits per heavy atom. The van der Waals surface area contributed by atoms with Gasteiger partial charge in [0.05, 0.1) is 5.69 Å². The van der Waals surface area contributed by atoms with E-state index in [1.165, 1.54) is 24.2 Å². The van der Waals surface area contributed by atoms with Crippen molar-refractivity contribution in [1.82, 2.24) is 15.5 Å². The van der Waals surface area contributed by atoms with Gasteiger partial charge in [-0.15, -0.1) is 0 Å². The van der Waals surface area contributed by atoms with Gasteiger partial charge in [0.1, 0.15) is 0 Å². The molecule has 0 radical (unpaired) electrons. The number of aromatic amines is 1. The van der Waals surface area contributed by atoms with Gasteiger partial charge in [0, 0.05) is 23.6 Å². The van der Waals surface area contributed by atoms with Gasteiger partial charge in [0.15, 0.2) is 0 Å². The van der Waals surface area contributed by atoms with E-state index < -0.39 is 0 Å². The maximum atomic E-state index is 4.41. The number of H-pyrrole nitrogens is 1. The van der Waals surface area contributed by atoms with Crippen LogP contribution in [-0.4, -0.2) is 23.3 Å². The van der Waals surface area contributed by atoms with Gasteiger partial charge < -0.3 is 5.32 Å². The molecule has 2 heterocycles. The van der Waals surface area contributed by atoms with Gasteiger partial charge in [0.25, 0.3) is 0 Å². The van der Waals surface area contributed by atoms with Crippen molar-refractivity contribution in [3.8, 4) is 0 Å². The summed E-state index contributed by atoms with van der Waals surface area (Å²) < 4.78 is 0. The topological polar surface area (TPSA) is 40.7 Å². The molecule has 2 N–H and O–H groups in total. The van der Waals surface area contributed by atoms with Crippen LogP contribution >= 0.6 is 0 Å². The number of nitrogens with zero attached hydrogens (tertiary/aromatic N) is 1. The third kappa shape index (κ3) is 2.40. The molecule has 84 valence electrons. The van der Waals surface area contributed by atoms with Gasteiger partial charge in [-0.1, -0.05) is 20.8 Å². The molecule has 0 bridgehead atoms. The Morgan fingerprint density at radius 3 is 2.73 bits per heavy atom. The minimum atomic E-state index is 0.150. The van der Waals surface area contributed by atoms with Crippen LogP contribution in [-0.2, 0) is 5.41 Å². The van der Waals surface area contributed by atoms with Crippen molar-refractivity contribution in [2.45, 2.75) is 44.9 Å². The average Bonchev–Trinajstić information content (AvgIpc) is 2.67. The number of piperidine rings is 1. The van der Waals surface area contributed by atoms with E-state index >= 15 is 0 Å². The number of nitrogens with one attached hydrogen (secondary N) is 2. The lowest BCUT2D eigenvalue weighted by atomic mass is 9.90. The first-order valence-corrected chi connectivity index (χ1v) is 5.84. The van der Waals surface area contributed by atoms with E-state index in [4.69, 9.17) is 0 Å². The van der Waals surface area contributed by atoms with Crippen LogP contribution in [0.3, 0.4) is 0 Å². The molecule has 1 fully saturated rings. The van der Waals surface area contributed by atoms with Gasteiger partial charge >= 0.3 is 0 Å². The van der Waals surface area contributed by atoms with Crippen LogP contribution in [0.4, 0.5) is 0 Å². The van der Waals surface area contributed by atoms with E-state index in [0.717, 1.165) is 13.1 Å². The molecule has 3 heteroatoms. The second kappa shape index (κ2) is 3.97. The molecule has 0 aromatic carbocycles. The van der Waals surface area contributed by atoms with Crippen molar-refractivity contribution in [3.63, 3.8) is 0 Å². The first-order valence-electron chi connectivity index (χ1n) is 5.84. The summed E-state index contributed by atoms with van der Waals surface area (Å²) in [6.07, 6.45) is 2.55. The Kier molecular flexibility index (Phi) is 2.83. The highest BCUT2D eigenvalue weighted by atomic mass is 15.1. The summed E-state index contributed by atoms with van der Waals surface area (Å²) in [4.78, 5) is 0. The quantitative estimate of drug-likeness (QED) is 0.741. The van der Waals surface area contributed by atoms with Gasteiger partial charge in [-0.2, -0.15) is 5.10 Å². The van der Waals surface area contributed by atoms with E-state index in [9.17, 15) is 0 Å². The highest BCUT2D eigenvalue weighted by Crippen LogP contribution is 2.26. The molecule has 1 aromatic rings. The lowest BCUT2D eigenvalue weighted by Gasteiger charge is -2.21. The van der Waals surface area contributed by atoms with Gasteiger partial charge in [0.2, 0.25) is 0 Å². The van der Waals surface area contributed by atoms with E-state index in [1.54, 1.807) is 0 Å².